The highest BCUT2D eigenvalue weighted by atomic mass is 32.1. The molecule has 1 unspecified atom stereocenters. The van der Waals surface area contributed by atoms with E-state index in [1.807, 2.05) is 36.7 Å². The normalized spacial score (nSPS) is 12.7. The monoisotopic (exact) mass is 447 g/mol. The lowest BCUT2D eigenvalue weighted by molar-refractivity contribution is -0.124. The Balaban J connectivity index is 1.70. The van der Waals surface area contributed by atoms with Gasteiger partial charge in [0.2, 0.25) is 11.0 Å². The quantitative estimate of drug-likeness (QED) is 0.325. The summed E-state index contributed by atoms with van der Waals surface area (Å²) in [6.45, 7) is 7.10. The molecule has 1 atom stereocenters. The van der Waals surface area contributed by atoms with Gasteiger partial charge in [0.1, 0.15) is 5.51 Å². The molecule has 0 bridgehead atoms. The Morgan fingerprint density at radius 3 is 2.66 bits per heavy atom. The van der Waals surface area contributed by atoms with Crippen LogP contribution in [0.1, 0.15) is 57.1 Å². The van der Waals surface area contributed by atoms with Crippen LogP contribution in [-0.4, -0.2) is 25.9 Å². The number of rotatable bonds is 9. The molecule has 0 aliphatic heterocycles. The molecule has 0 spiro atoms. The van der Waals surface area contributed by atoms with Crippen LogP contribution in [0.15, 0.2) is 60.2 Å². The molecule has 32 heavy (non-hydrogen) atoms. The molecule has 2 aromatic heterocycles. The van der Waals surface area contributed by atoms with E-state index in [0.29, 0.717) is 5.13 Å². The van der Waals surface area contributed by atoms with Crippen molar-refractivity contribution in [2.75, 3.05) is 5.32 Å². The fraction of sp³-hybridized carbons (Fsp3) is 0.360. The molecular weight excluding hydrogens is 418 g/mol. The van der Waals surface area contributed by atoms with E-state index in [2.05, 4.69) is 59.0 Å². The fourth-order valence-electron chi connectivity index (χ4n) is 4.20. The fourth-order valence-corrected chi connectivity index (χ4v) is 4.64. The first kappa shape index (κ1) is 22.1. The second-order valence-electron chi connectivity index (χ2n) is 8.68. The highest BCUT2D eigenvalue weighted by Crippen LogP contribution is 2.42. The van der Waals surface area contributed by atoms with Crippen molar-refractivity contribution in [3.05, 3.63) is 71.4 Å². The topological polar surface area (TPSA) is 72.7 Å². The van der Waals surface area contributed by atoms with Gasteiger partial charge in [0, 0.05) is 24.0 Å². The number of hydrogen-bond donors (Lipinski definition) is 1. The zero-order valence-electron chi connectivity index (χ0n) is 18.8. The van der Waals surface area contributed by atoms with Gasteiger partial charge in [0.25, 0.3) is 0 Å². The highest BCUT2D eigenvalue weighted by molar-refractivity contribution is 7.13. The average Bonchev–Trinajstić information content (AvgIpc) is 3.44. The van der Waals surface area contributed by atoms with Gasteiger partial charge in [-0.2, -0.15) is 5.10 Å². The number of amides is 1. The number of benzene rings is 2. The maximum Gasteiger partial charge on any atom is 0.232 e. The number of aromatic nitrogens is 4. The highest BCUT2D eigenvalue weighted by Gasteiger charge is 2.39. The lowest BCUT2D eigenvalue weighted by atomic mass is 9.70. The number of aryl methyl sites for hydroxylation is 1. The Morgan fingerprint density at radius 1 is 1.12 bits per heavy atom. The number of nitrogens with one attached hydrogen (secondary N) is 1. The summed E-state index contributed by atoms with van der Waals surface area (Å²) < 4.78 is 2.04. The molecule has 7 heteroatoms. The number of hydrogen-bond acceptors (Lipinski definition) is 5. The van der Waals surface area contributed by atoms with E-state index in [1.54, 1.807) is 5.51 Å². The van der Waals surface area contributed by atoms with Gasteiger partial charge in [0.15, 0.2) is 0 Å². The number of fused-ring (bicyclic) bond motifs is 1. The number of carbonyl (C=O) groups is 1. The zero-order valence-corrected chi connectivity index (χ0v) is 19.6. The maximum atomic E-state index is 13.3. The standard InChI is InChI=1S/C25H29N5OS/c1-4-5-9-14-30-16-20-15-19(12-13-21(20)29-30)22(18-10-7-6-8-11-18)25(2,3)23(31)27-24-28-26-17-32-24/h6-8,10-13,15-17,22H,4-5,9,14H2,1-3H3,(H,27,28,31). The van der Waals surface area contributed by atoms with E-state index >= 15 is 0 Å². The molecule has 4 aromatic rings. The summed E-state index contributed by atoms with van der Waals surface area (Å²) in [7, 11) is 0. The van der Waals surface area contributed by atoms with E-state index in [0.717, 1.165) is 35.0 Å². The average molecular weight is 448 g/mol. The molecule has 1 amide bonds. The smallest absolute Gasteiger partial charge is 0.232 e. The van der Waals surface area contributed by atoms with Crippen molar-refractivity contribution in [2.24, 2.45) is 5.41 Å². The van der Waals surface area contributed by atoms with Crippen molar-refractivity contribution in [2.45, 2.75) is 52.5 Å². The van der Waals surface area contributed by atoms with Crippen LogP contribution in [0, 0.1) is 5.41 Å². The van der Waals surface area contributed by atoms with Gasteiger partial charge in [-0.15, -0.1) is 10.2 Å². The van der Waals surface area contributed by atoms with Crippen LogP contribution in [0.25, 0.3) is 10.9 Å². The first-order valence-corrected chi connectivity index (χ1v) is 12.0. The molecule has 0 aliphatic carbocycles. The summed E-state index contributed by atoms with van der Waals surface area (Å²) in [6, 6.07) is 16.6. The van der Waals surface area contributed by atoms with Crippen LogP contribution in [0.3, 0.4) is 0 Å². The third kappa shape index (κ3) is 4.72. The van der Waals surface area contributed by atoms with Gasteiger partial charge >= 0.3 is 0 Å². The van der Waals surface area contributed by atoms with Crippen molar-refractivity contribution in [3.63, 3.8) is 0 Å². The van der Waals surface area contributed by atoms with E-state index in [1.165, 1.54) is 24.2 Å². The summed E-state index contributed by atoms with van der Waals surface area (Å²) in [5, 5.41) is 17.1. The minimum Gasteiger partial charge on any atom is -0.300 e. The Bertz CT molecular complexity index is 1170. The van der Waals surface area contributed by atoms with E-state index in [-0.39, 0.29) is 11.8 Å². The first-order valence-electron chi connectivity index (χ1n) is 11.1. The van der Waals surface area contributed by atoms with Crippen molar-refractivity contribution < 1.29 is 4.79 Å². The molecule has 2 aromatic carbocycles. The predicted molar refractivity (Wildman–Crippen MR) is 130 cm³/mol. The SMILES string of the molecule is CCCCCn1cc2cc(C(c3ccccc3)C(C)(C)C(=O)Nc3nncs3)ccc2n1. The van der Waals surface area contributed by atoms with Crippen molar-refractivity contribution in [1.29, 1.82) is 0 Å². The van der Waals surface area contributed by atoms with E-state index in [4.69, 9.17) is 5.10 Å². The molecule has 0 aliphatic rings. The number of anilines is 1. The third-order valence-electron chi connectivity index (χ3n) is 5.92. The molecular formula is C25H29N5OS. The summed E-state index contributed by atoms with van der Waals surface area (Å²) in [6.07, 6.45) is 5.64. The van der Waals surface area contributed by atoms with E-state index < -0.39 is 5.41 Å². The van der Waals surface area contributed by atoms with Gasteiger partial charge in [-0.05, 0) is 29.7 Å². The van der Waals surface area contributed by atoms with Crippen LogP contribution in [0.2, 0.25) is 0 Å². The Morgan fingerprint density at radius 2 is 1.94 bits per heavy atom. The second kappa shape index (κ2) is 9.61. The van der Waals surface area contributed by atoms with Gasteiger partial charge in [-0.1, -0.05) is 81.3 Å². The number of nitrogens with zero attached hydrogens (tertiary/aromatic N) is 4. The maximum absolute atomic E-state index is 13.3. The molecule has 4 rings (SSSR count). The van der Waals surface area contributed by atoms with Gasteiger partial charge in [-0.3, -0.25) is 9.48 Å². The molecule has 0 saturated carbocycles. The zero-order chi connectivity index (χ0) is 22.6. The summed E-state index contributed by atoms with van der Waals surface area (Å²) in [5.41, 5.74) is 4.06. The van der Waals surface area contributed by atoms with Crippen LogP contribution >= 0.6 is 11.3 Å². The predicted octanol–water partition coefficient (Wildman–Crippen LogP) is 5.87. The van der Waals surface area contributed by atoms with Crippen molar-refractivity contribution in [1.82, 2.24) is 20.0 Å². The van der Waals surface area contributed by atoms with Gasteiger partial charge in [-0.25, -0.2) is 0 Å². The number of carbonyl (C=O) groups excluding carboxylic acids is 1. The molecule has 0 saturated heterocycles. The summed E-state index contributed by atoms with van der Waals surface area (Å²) >= 11 is 1.32. The minimum atomic E-state index is -0.724. The summed E-state index contributed by atoms with van der Waals surface area (Å²) in [4.78, 5) is 13.3. The first-order chi connectivity index (χ1) is 15.5. The molecule has 166 valence electrons. The molecule has 1 N–H and O–H groups in total. The lowest BCUT2D eigenvalue weighted by Gasteiger charge is -2.33. The lowest BCUT2D eigenvalue weighted by Crippen LogP contribution is -2.37. The Labute approximate surface area is 192 Å². The minimum absolute atomic E-state index is 0.0848. The van der Waals surface area contributed by atoms with Gasteiger partial charge in [0.05, 0.1) is 10.9 Å². The van der Waals surface area contributed by atoms with Crippen LogP contribution in [-0.2, 0) is 11.3 Å². The summed E-state index contributed by atoms with van der Waals surface area (Å²) in [5.74, 6) is -0.220. The largest absolute Gasteiger partial charge is 0.300 e. The third-order valence-corrected chi connectivity index (χ3v) is 6.53. The molecule has 0 fully saturated rings. The van der Waals surface area contributed by atoms with Crippen molar-refractivity contribution in [3.8, 4) is 0 Å². The van der Waals surface area contributed by atoms with Crippen molar-refractivity contribution >= 4 is 33.3 Å². The van der Waals surface area contributed by atoms with Crippen LogP contribution in [0.5, 0.6) is 0 Å². The Hall–Kier alpha value is -3.06. The second-order valence-corrected chi connectivity index (χ2v) is 9.51. The molecule has 2 heterocycles. The van der Waals surface area contributed by atoms with Crippen LogP contribution in [0.4, 0.5) is 5.13 Å². The Kier molecular flexibility index (Phi) is 6.65. The van der Waals surface area contributed by atoms with Gasteiger partial charge < -0.3 is 5.32 Å². The van der Waals surface area contributed by atoms with E-state index in [9.17, 15) is 4.79 Å². The molecule has 0 radical (unpaired) electrons. The van der Waals surface area contributed by atoms with Crippen LogP contribution < -0.4 is 5.32 Å². The molecule has 6 nitrogen and oxygen atoms in total. The number of unbranched alkanes of at least 4 members (excludes halogenated alkanes) is 2.